The fraction of sp³-hybridized carbons (Fsp3) is 0.625. The van der Waals surface area contributed by atoms with E-state index in [0.717, 1.165) is 18.1 Å². The van der Waals surface area contributed by atoms with Gasteiger partial charge in [0, 0.05) is 6.20 Å². The molecule has 0 aromatic carbocycles. The van der Waals surface area contributed by atoms with Gasteiger partial charge in [-0.1, -0.05) is 0 Å². The molecule has 0 bridgehead atoms. The normalized spacial score (nSPS) is 24.3. The Morgan fingerprint density at radius 2 is 2.55 bits per heavy atom. The van der Waals surface area contributed by atoms with Gasteiger partial charge in [-0.15, -0.1) is 0 Å². The third kappa shape index (κ3) is 1.28. The Kier molecular flexibility index (Phi) is 1.66. The first-order valence-corrected chi connectivity index (χ1v) is 4.11. The zero-order valence-corrected chi connectivity index (χ0v) is 6.72. The van der Waals surface area contributed by atoms with Gasteiger partial charge in [0.1, 0.15) is 5.82 Å². The van der Waals surface area contributed by atoms with Crippen molar-refractivity contribution in [3.63, 3.8) is 0 Å². The summed E-state index contributed by atoms with van der Waals surface area (Å²) >= 11 is 0. The quantitative estimate of drug-likeness (QED) is 0.632. The third-order valence-corrected chi connectivity index (χ3v) is 2.12. The summed E-state index contributed by atoms with van der Waals surface area (Å²) in [5.41, 5.74) is 1.08. The highest BCUT2D eigenvalue weighted by Crippen LogP contribution is 2.19. The van der Waals surface area contributed by atoms with E-state index in [9.17, 15) is 0 Å². The summed E-state index contributed by atoms with van der Waals surface area (Å²) in [6.07, 6.45) is 4.44. The van der Waals surface area contributed by atoms with E-state index in [4.69, 9.17) is 0 Å². The second kappa shape index (κ2) is 2.66. The van der Waals surface area contributed by atoms with Gasteiger partial charge in [-0.25, -0.2) is 4.98 Å². The summed E-state index contributed by atoms with van der Waals surface area (Å²) in [6.45, 7) is 3.14. The van der Waals surface area contributed by atoms with Crippen molar-refractivity contribution in [2.24, 2.45) is 0 Å². The molecule has 1 unspecified atom stereocenters. The van der Waals surface area contributed by atoms with Crippen molar-refractivity contribution in [3.8, 4) is 0 Å². The van der Waals surface area contributed by atoms with Crippen molar-refractivity contribution < 1.29 is 0 Å². The molecule has 3 heteroatoms. The van der Waals surface area contributed by atoms with Gasteiger partial charge in [0.05, 0.1) is 11.7 Å². The highest BCUT2D eigenvalue weighted by Gasteiger charge is 2.17. The summed E-state index contributed by atoms with van der Waals surface area (Å²) in [7, 11) is 0. The van der Waals surface area contributed by atoms with E-state index in [1.165, 1.54) is 12.8 Å². The van der Waals surface area contributed by atoms with Gasteiger partial charge in [-0.3, -0.25) is 0 Å². The smallest absolute Gasteiger partial charge is 0.123 e. The molecule has 1 saturated heterocycles. The van der Waals surface area contributed by atoms with Crippen molar-refractivity contribution in [2.75, 3.05) is 6.54 Å². The number of hydrogen-bond donors (Lipinski definition) is 2. The largest absolute Gasteiger partial charge is 0.347 e. The summed E-state index contributed by atoms with van der Waals surface area (Å²) in [6, 6.07) is 0.476. The lowest BCUT2D eigenvalue weighted by molar-refractivity contribution is 0.612. The van der Waals surface area contributed by atoms with Crippen LogP contribution in [0.25, 0.3) is 0 Å². The van der Waals surface area contributed by atoms with Crippen LogP contribution in [0.1, 0.15) is 30.4 Å². The summed E-state index contributed by atoms with van der Waals surface area (Å²) in [5, 5.41) is 3.39. The summed E-state index contributed by atoms with van der Waals surface area (Å²) < 4.78 is 0. The van der Waals surface area contributed by atoms with Gasteiger partial charge in [-0.2, -0.15) is 0 Å². The van der Waals surface area contributed by atoms with E-state index in [2.05, 4.69) is 15.3 Å². The van der Waals surface area contributed by atoms with Crippen LogP contribution in [0.4, 0.5) is 0 Å². The monoisotopic (exact) mass is 151 g/mol. The molecule has 0 saturated carbocycles. The number of aromatic nitrogens is 2. The molecule has 2 N–H and O–H groups in total. The number of aryl methyl sites for hydroxylation is 1. The predicted molar refractivity (Wildman–Crippen MR) is 43.3 cm³/mol. The number of aromatic amines is 1. The van der Waals surface area contributed by atoms with E-state index < -0.39 is 0 Å². The van der Waals surface area contributed by atoms with Crippen LogP contribution in [0, 0.1) is 6.92 Å². The lowest BCUT2D eigenvalue weighted by atomic mass is 10.2. The zero-order chi connectivity index (χ0) is 7.68. The summed E-state index contributed by atoms with van der Waals surface area (Å²) in [4.78, 5) is 7.55. The minimum absolute atomic E-state index is 0.476. The Labute approximate surface area is 66.2 Å². The highest BCUT2D eigenvalue weighted by atomic mass is 15.0. The van der Waals surface area contributed by atoms with Crippen LogP contribution in [0.15, 0.2) is 6.20 Å². The Morgan fingerprint density at radius 3 is 3.09 bits per heavy atom. The predicted octanol–water partition coefficient (Wildman–Crippen LogP) is 1.14. The molecule has 1 atom stereocenters. The van der Waals surface area contributed by atoms with E-state index in [0.29, 0.717) is 6.04 Å². The minimum Gasteiger partial charge on any atom is -0.347 e. The molecule has 1 aromatic rings. The molecule has 0 spiro atoms. The molecule has 3 nitrogen and oxygen atoms in total. The van der Waals surface area contributed by atoms with Gasteiger partial charge in [-0.05, 0) is 26.3 Å². The molecule has 60 valence electrons. The van der Waals surface area contributed by atoms with E-state index >= 15 is 0 Å². The maximum atomic E-state index is 4.37. The first kappa shape index (κ1) is 6.85. The van der Waals surface area contributed by atoms with Crippen LogP contribution < -0.4 is 5.32 Å². The third-order valence-electron chi connectivity index (χ3n) is 2.12. The molecule has 2 heterocycles. The SMILES string of the molecule is Cc1c[nH]c(C2CCCN2)n1. The van der Waals surface area contributed by atoms with Crippen molar-refractivity contribution >= 4 is 0 Å². The maximum absolute atomic E-state index is 4.37. The standard InChI is InChI=1S/C8H13N3/c1-6-5-10-8(11-6)7-3-2-4-9-7/h5,7,9H,2-4H2,1H3,(H,10,11). The van der Waals surface area contributed by atoms with Crippen LogP contribution in [-0.4, -0.2) is 16.5 Å². The molecular formula is C8H13N3. The van der Waals surface area contributed by atoms with E-state index in [1.54, 1.807) is 0 Å². The number of nitrogens with zero attached hydrogens (tertiary/aromatic N) is 1. The fourth-order valence-electron chi connectivity index (χ4n) is 1.53. The number of rotatable bonds is 1. The molecule has 2 rings (SSSR count). The Hall–Kier alpha value is -0.830. The average molecular weight is 151 g/mol. The molecular weight excluding hydrogens is 138 g/mol. The topological polar surface area (TPSA) is 40.7 Å². The first-order valence-electron chi connectivity index (χ1n) is 4.11. The Bertz CT molecular complexity index is 235. The molecule has 1 fully saturated rings. The van der Waals surface area contributed by atoms with Gasteiger partial charge < -0.3 is 10.3 Å². The second-order valence-electron chi connectivity index (χ2n) is 3.08. The van der Waals surface area contributed by atoms with Crippen LogP contribution in [-0.2, 0) is 0 Å². The van der Waals surface area contributed by atoms with E-state index in [-0.39, 0.29) is 0 Å². The number of hydrogen-bond acceptors (Lipinski definition) is 2. The number of nitrogens with one attached hydrogen (secondary N) is 2. The van der Waals surface area contributed by atoms with Crippen LogP contribution in [0.5, 0.6) is 0 Å². The Balaban J connectivity index is 2.15. The molecule has 0 aliphatic carbocycles. The van der Waals surface area contributed by atoms with Gasteiger partial charge in [0.25, 0.3) is 0 Å². The van der Waals surface area contributed by atoms with Crippen LogP contribution >= 0.6 is 0 Å². The highest BCUT2D eigenvalue weighted by molar-refractivity contribution is 5.04. The lowest BCUT2D eigenvalue weighted by Gasteiger charge is -2.04. The summed E-state index contributed by atoms with van der Waals surface area (Å²) in [5.74, 6) is 1.10. The number of H-pyrrole nitrogens is 1. The molecule has 0 amide bonds. The molecule has 11 heavy (non-hydrogen) atoms. The van der Waals surface area contributed by atoms with Crippen molar-refractivity contribution in [3.05, 3.63) is 17.7 Å². The molecule has 1 aliphatic heterocycles. The zero-order valence-electron chi connectivity index (χ0n) is 6.72. The molecule has 0 radical (unpaired) electrons. The van der Waals surface area contributed by atoms with Gasteiger partial charge in [0.2, 0.25) is 0 Å². The Morgan fingerprint density at radius 1 is 1.64 bits per heavy atom. The van der Waals surface area contributed by atoms with Crippen molar-refractivity contribution in [1.82, 2.24) is 15.3 Å². The lowest BCUT2D eigenvalue weighted by Crippen LogP contribution is -2.14. The van der Waals surface area contributed by atoms with E-state index in [1.807, 2.05) is 13.1 Å². The minimum atomic E-state index is 0.476. The average Bonchev–Trinajstić information content (AvgIpc) is 2.55. The van der Waals surface area contributed by atoms with Crippen molar-refractivity contribution in [2.45, 2.75) is 25.8 Å². The maximum Gasteiger partial charge on any atom is 0.123 e. The fourth-order valence-corrected chi connectivity index (χ4v) is 1.53. The second-order valence-corrected chi connectivity index (χ2v) is 3.08. The molecule has 1 aliphatic rings. The van der Waals surface area contributed by atoms with Gasteiger partial charge in [0.15, 0.2) is 0 Å². The first-order chi connectivity index (χ1) is 5.36. The van der Waals surface area contributed by atoms with Crippen LogP contribution in [0.3, 0.4) is 0 Å². The van der Waals surface area contributed by atoms with Crippen molar-refractivity contribution in [1.29, 1.82) is 0 Å². The van der Waals surface area contributed by atoms with Gasteiger partial charge >= 0.3 is 0 Å². The van der Waals surface area contributed by atoms with Crippen LogP contribution in [0.2, 0.25) is 0 Å². The number of imidazole rings is 1. The molecule has 1 aromatic heterocycles.